The smallest absolute Gasteiger partial charge is 0.303 e. The van der Waals surface area contributed by atoms with Gasteiger partial charge >= 0.3 is 5.97 Å². The molecule has 2 heterocycles. The van der Waals surface area contributed by atoms with Gasteiger partial charge in [-0.2, -0.15) is 0 Å². The van der Waals surface area contributed by atoms with Gasteiger partial charge in [0.1, 0.15) is 18.1 Å². The van der Waals surface area contributed by atoms with Crippen LogP contribution in [-0.4, -0.2) is 49.8 Å². The highest BCUT2D eigenvalue weighted by Crippen LogP contribution is 2.47. The second-order valence-corrected chi connectivity index (χ2v) is 11.0. The lowest BCUT2D eigenvalue weighted by atomic mass is 9.74. The van der Waals surface area contributed by atoms with E-state index in [1.807, 2.05) is 31.2 Å². The fraction of sp³-hybridized carbons (Fsp3) is 0.406. The predicted octanol–water partition coefficient (Wildman–Crippen LogP) is 5.84. The van der Waals surface area contributed by atoms with E-state index in [2.05, 4.69) is 59.3 Å². The van der Waals surface area contributed by atoms with E-state index in [1.54, 1.807) is 7.11 Å². The van der Waals surface area contributed by atoms with Crippen LogP contribution in [0, 0.1) is 0 Å². The molecule has 200 valence electrons. The van der Waals surface area contributed by atoms with Crippen molar-refractivity contribution in [1.29, 1.82) is 0 Å². The van der Waals surface area contributed by atoms with Crippen LogP contribution in [0.5, 0.6) is 11.5 Å². The number of ether oxygens (including phenoxy) is 2. The maximum Gasteiger partial charge on any atom is 0.303 e. The minimum absolute atomic E-state index is 0.0154. The number of likely N-dealkylation sites (N-methyl/N-ethyl adjacent to an activating group) is 1. The third-order valence-corrected chi connectivity index (χ3v) is 8.30. The van der Waals surface area contributed by atoms with Gasteiger partial charge in [0, 0.05) is 31.2 Å². The molecule has 2 aliphatic rings. The van der Waals surface area contributed by atoms with Gasteiger partial charge in [0.2, 0.25) is 0 Å². The van der Waals surface area contributed by atoms with Crippen LogP contribution in [0.15, 0.2) is 66.7 Å². The molecule has 1 N–H and O–H groups in total. The number of aliphatic carboxylic acids is 1. The van der Waals surface area contributed by atoms with Crippen molar-refractivity contribution < 1.29 is 19.4 Å². The zero-order chi connectivity index (χ0) is 26.7. The monoisotopic (exact) mass is 514 g/mol. The normalized spacial score (nSPS) is 17.3. The van der Waals surface area contributed by atoms with E-state index < -0.39 is 5.97 Å². The highest BCUT2D eigenvalue weighted by atomic mass is 16.5. The van der Waals surface area contributed by atoms with E-state index in [0.717, 1.165) is 61.6 Å². The quantitative estimate of drug-likeness (QED) is 0.387. The van der Waals surface area contributed by atoms with Gasteiger partial charge in [-0.05, 0) is 84.4 Å². The number of fused-ring (bicyclic) bond motifs is 2. The van der Waals surface area contributed by atoms with Gasteiger partial charge in [0.15, 0.2) is 0 Å². The van der Waals surface area contributed by atoms with Crippen molar-refractivity contribution in [2.24, 2.45) is 0 Å². The van der Waals surface area contributed by atoms with Gasteiger partial charge in [-0.3, -0.25) is 9.69 Å². The Balaban J connectivity index is 1.12. The average molecular weight is 515 g/mol. The number of piperidine rings is 1. The van der Waals surface area contributed by atoms with Gasteiger partial charge in [0.05, 0.1) is 13.5 Å². The van der Waals surface area contributed by atoms with E-state index >= 15 is 0 Å². The molecule has 6 heteroatoms. The Morgan fingerprint density at radius 3 is 2.29 bits per heavy atom. The number of hydrogen-bond acceptors (Lipinski definition) is 5. The molecule has 0 amide bonds. The second-order valence-electron chi connectivity index (χ2n) is 11.0. The molecule has 6 nitrogen and oxygen atoms in total. The van der Waals surface area contributed by atoms with Crippen molar-refractivity contribution in [3.63, 3.8) is 0 Å². The number of rotatable bonds is 9. The first-order valence-electron chi connectivity index (χ1n) is 13.5. The summed E-state index contributed by atoms with van der Waals surface area (Å²) >= 11 is 0. The number of hydrogen-bond donors (Lipinski definition) is 1. The highest BCUT2D eigenvalue weighted by Gasteiger charge is 2.43. The van der Waals surface area contributed by atoms with Crippen LogP contribution >= 0.6 is 0 Å². The number of nitrogens with zero attached hydrogens (tertiary/aromatic N) is 2. The second kappa shape index (κ2) is 11.1. The molecule has 1 spiro atoms. The molecule has 5 rings (SSSR count). The van der Waals surface area contributed by atoms with Crippen LogP contribution in [0.3, 0.4) is 0 Å². The highest BCUT2D eigenvalue weighted by molar-refractivity contribution is 5.68. The molecule has 1 saturated heterocycles. The first-order valence-corrected chi connectivity index (χ1v) is 13.5. The van der Waals surface area contributed by atoms with Crippen molar-refractivity contribution in [1.82, 2.24) is 4.90 Å². The van der Waals surface area contributed by atoms with Crippen LogP contribution in [0.4, 0.5) is 5.69 Å². The van der Waals surface area contributed by atoms with Crippen LogP contribution in [0.25, 0.3) is 0 Å². The third kappa shape index (κ3) is 5.65. The molecule has 3 aromatic rings. The number of likely N-dealkylation sites (tertiary alicyclic amines) is 1. The van der Waals surface area contributed by atoms with Gasteiger partial charge in [-0.15, -0.1) is 0 Å². The van der Waals surface area contributed by atoms with Gasteiger partial charge in [0.25, 0.3) is 0 Å². The van der Waals surface area contributed by atoms with Crippen molar-refractivity contribution >= 4 is 11.7 Å². The molecule has 0 radical (unpaired) electrons. The van der Waals surface area contributed by atoms with Crippen molar-refractivity contribution in [3.05, 3.63) is 89.0 Å². The van der Waals surface area contributed by atoms with Crippen LogP contribution in [0.1, 0.15) is 54.4 Å². The standard InChI is InChI=1S/C32H38N2O4/c1-23(18-31(35)36)26-8-10-27(11-9-26)38-21-25-6-4-24(5-7-25)20-34-16-14-32(15-17-34)22-33(2)30-13-12-28(37-3)19-29(30)32/h4-13,19,23H,14-18,20-22H2,1-3H3,(H,35,36). The molecule has 2 aliphatic heterocycles. The first-order chi connectivity index (χ1) is 18.3. The average Bonchev–Trinajstić information content (AvgIpc) is 3.19. The Bertz CT molecular complexity index is 1250. The number of carbonyl (C=O) groups is 1. The Kier molecular flexibility index (Phi) is 7.61. The molecule has 1 unspecified atom stereocenters. The fourth-order valence-corrected chi connectivity index (χ4v) is 6.03. The number of carboxylic acid groups (broad SMARTS) is 1. The topological polar surface area (TPSA) is 62.2 Å². The summed E-state index contributed by atoms with van der Waals surface area (Å²) in [6, 6.07) is 23.0. The summed E-state index contributed by atoms with van der Waals surface area (Å²) in [5, 5.41) is 8.99. The number of carboxylic acids is 1. The molecule has 3 aromatic carbocycles. The van der Waals surface area contributed by atoms with E-state index in [-0.39, 0.29) is 17.8 Å². The van der Waals surface area contributed by atoms with Gasteiger partial charge in [-0.1, -0.05) is 43.3 Å². The summed E-state index contributed by atoms with van der Waals surface area (Å²) in [6.07, 6.45) is 2.46. The third-order valence-electron chi connectivity index (χ3n) is 8.30. The largest absolute Gasteiger partial charge is 0.497 e. The molecule has 1 fully saturated rings. The fourth-order valence-electron chi connectivity index (χ4n) is 6.03. The summed E-state index contributed by atoms with van der Waals surface area (Å²) < 4.78 is 11.5. The van der Waals surface area contributed by atoms with Gasteiger partial charge < -0.3 is 19.5 Å². The minimum atomic E-state index is -0.779. The van der Waals surface area contributed by atoms with Crippen LogP contribution in [-0.2, 0) is 23.4 Å². The summed E-state index contributed by atoms with van der Waals surface area (Å²) in [6.45, 7) is 6.67. The lowest BCUT2D eigenvalue weighted by Gasteiger charge is -2.40. The maximum absolute atomic E-state index is 10.9. The Hall–Kier alpha value is -3.51. The van der Waals surface area contributed by atoms with Crippen molar-refractivity contribution in [2.45, 2.75) is 50.7 Å². The molecular weight excluding hydrogens is 476 g/mol. The van der Waals surface area contributed by atoms with E-state index in [1.165, 1.54) is 16.8 Å². The van der Waals surface area contributed by atoms with Crippen molar-refractivity contribution in [2.75, 3.05) is 38.7 Å². The lowest BCUT2D eigenvalue weighted by molar-refractivity contribution is -0.137. The molecule has 1 atom stereocenters. The number of methoxy groups -OCH3 is 1. The molecule has 0 saturated carbocycles. The molecule has 0 aliphatic carbocycles. The molecule has 0 aromatic heterocycles. The molecule has 38 heavy (non-hydrogen) atoms. The molecule has 0 bridgehead atoms. The SMILES string of the molecule is COc1ccc2c(c1)C1(CCN(Cc3ccc(COc4ccc(C(C)CC(=O)O)cc4)cc3)CC1)CN2C. The van der Waals surface area contributed by atoms with E-state index in [4.69, 9.17) is 14.6 Å². The summed E-state index contributed by atoms with van der Waals surface area (Å²) in [5.74, 6) is 0.948. The summed E-state index contributed by atoms with van der Waals surface area (Å²) in [5.41, 5.74) is 6.49. The first kappa shape index (κ1) is 26.1. The van der Waals surface area contributed by atoms with E-state index in [9.17, 15) is 4.79 Å². The van der Waals surface area contributed by atoms with Crippen molar-refractivity contribution in [3.8, 4) is 11.5 Å². The number of benzene rings is 3. The molecular formula is C32H38N2O4. The summed E-state index contributed by atoms with van der Waals surface area (Å²) in [4.78, 5) is 15.9. The zero-order valence-electron chi connectivity index (χ0n) is 22.7. The van der Waals surface area contributed by atoms with E-state index in [0.29, 0.717) is 6.61 Å². The Morgan fingerprint density at radius 1 is 0.974 bits per heavy atom. The summed E-state index contributed by atoms with van der Waals surface area (Å²) in [7, 11) is 3.95. The van der Waals surface area contributed by atoms with Gasteiger partial charge in [-0.25, -0.2) is 0 Å². The Labute approximate surface area is 225 Å². The maximum atomic E-state index is 10.9. The lowest BCUT2D eigenvalue weighted by Crippen LogP contribution is -2.44. The predicted molar refractivity (Wildman–Crippen MR) is 150 cm³/mol. The van der Waals surface area contributed by atoms with Crippen LogP contribution < -0.4 is 14.4 Å². The minimum Gasteiger partial charge on any atom is -0.497 e. The zero-order valence-corrected chi connectivity index (χ0v) is 22.7. The van der Waals surface area contributed by atoms with Crippen LogP contribution in [0.2, 0.25) is 0 Å². The number of anilines is 1. The Morgan fingerprint density at radius 2 is 1.63 bits per heavy atom.